The van der Waals surface area contributed by atoms with E-state index in [4.69, 9.17) is 10.1 Å². The molecule has 0 saturated carbocycles. The highest BCUT2D eigenvalue weighted by molar-refractivity contribution is 5.94. The molecule has 2 heterocycles. The van der Waals surface area contributed by atoms with Crippen LogP contribution in [0.5, 0.6) is 0 Å². The van der Waals surface area contributed by atoms with Crippen LogP contribution in [0.2, 0.25) is 0 Å². The minimum Gasteiger partial charge on any atom is -0.478 e. The molecule has 3 rings (SSSR count). The van der Waals surface area contributed by atoms with E-state index in [9.17, 15) is 9.90 Å². The van der Waals surface area contributed by atoms with Crippen LogP contribution < -0.4 is 0 Å². The SMILES string of the molecule is CCCCCc1nc(C(C)(C)C)nn1Cc1ccc(-c2ncccc2C(=O)O)cc1. The van der Waals surface area contributed by atoms with Crippen molar-refractivity contribution in [3.63, 3.8) is 0 Å². The molecule has 0 aliphatic carbocycles. The van der Waals surface area contributed by atoms with Gasteiger partial charge in [0.2, 0.25) is 0 Å². The zero-order valence-electron chi connectivity index (χ0n) is 18.2. The third kappa shape index (κ3) is 5.12. The summed E-state index contributed by atoms with van der Waals surface area (Å²) in [7, 11) is 0. The number of carboxylic acids is 1. The summed E-state index contributed by atoms with van der Waals surface area (Å²) in [4.78, 5) is 20.6. The number of carboxylic acid groups (broad SMARTS) is 1. The van der Waals surface area contributed by atoms with E-state index in [0.29, 0.717) is 12.2 Å². The molecule has 0 unspecified atom stereocenters. The minimum atomic E-state index is -0.976. The van der Waals surface area contributed by atoms with Gasteiger partial charge in [-0.1, -0.05) is 64.8 Å². The fourth-order valence-electron chi connectivity index (χ4n) is 3.29. The van der Waals surface area contributed by atoms with E-state index in [-0.39, 0.29) is 11.0 Å². The standard InChI is InChI=1S/C24H30N4O2/c1-5-6-7-10-20-26-23(24(2,3)4)27-28(20)16-17-11-13-18(14-12-17)21-19(22(29)30)9-8-15-25-21/h8-9,11-15H,5-7,10,16H2,1-4H3,(H,29,30). The Hall–Kier alpha value is -3.02. The third-order valence-electron chi connectivity index (χ3n) is 5.02. The van der Waals surface area contributed by atoms with Crippen molar-refractivity contribution in [1.29, 1.82) is 0 Å². The molecule has 0 bridgehead atoms. The summed E-state index contributed by atoms with van der Waals surface area (Å²) in [6, 6.07) is 11.1. The monoisotopic (exact) mass is 406 g/mol. The van der Waals surface area contributed by atoms with Crippen LogP contribution in [0.4, 0.5) is 0 Å². The van der Waals surface area contributed by atoms with Crippen LogP contribution in [0, 0.1) is 0 Å². The van der Waals surface area contributed by atoms with Gasteiger partial charge < -0.3 is 5.11 Å². The molecule has 6 nitrogen and oxygen atoms in total. The first kappa shape index (κ1) is 21.7. The maximum Gasteiger partial charge on any atom is 0.337 e. The number of carbonyl (C=O) groups is 1. The predicted molar refractivity (Wildman–Crippen MR) is 118 cm³/mol. The summed E-state index contributed by atoms with van der Waals surface area (Å²) in [5, 5.41) is 14.2. The number of hydrogen-bond donors (Lipinski definition) is 1. The van der Waals surface area contributed by atoms with Crippen LogP contribution in [-0.2, 0) is 18.4 Å². The van der Waals surface area contributed by atoms with Crippen LogP contribution in [0.3, 0.4) is 0 Å². The quantitative estimate of drug-likeness (QED) is 0.525. The van der Waals surface area contributed by atoms with E-state index >= 15 is 0 Å². The highest BCUT2D eigenvalue weighted by atomic mass is 16.4. The molecule has 30 heavy (non-hydrogen) atoms. The fourth-order valence-corrected chi connectivity index (χ4v) is 3.29. The Kier molecular flexibility index (Phi) is 6.65. The zero-order valence-corrected chi connectivity index (χ0v) is 18.2. The largest absolute Gasteiger partial charge is 0.478 e. The smallest absolute Gasteiger partial charge is 0.337 e. The molecule has 0 aliphatic rings. The Morgan fingerprint density at radius 3 is 2.47 bits per heavy atom. The van der Waals surface area contributed by atoms with E-state index in [2.05, 4.69) is 32.7 Å². The number of rotatable bonds is 8. The molecule has 6 heteroatoms. The Bertz CT molecular complexity index is 1000. The van der Waals surface area contributed by atoms with Crippen LogP contribution in [0.15, 0.2) is 42.6 Å². The summed E-state index contributed by atoms with van der Waals surface area (Å²) >= 11 is 0. The van der Waals surface area contributed by atoms with Crippen molar-refractivity contribution in [3.05, 3.63) is 65.4 Å². The summed E-state index contributed by atoms with van der Waals surface area (Å²) in [6.07, 6.45) is 6.00. The molecule has 0 fully saturated rings. The van der Waals surface area contributed by atoms with Gasteiger partial charge in [-0.25, -0.2) is 14.5 Å². The molecular weight excluding hydrogens is 376 g/mol. The van der Waals surface area contributed by atoms with E-state index in [1.165, 1.54) is 12.8 Å². The molecule has 2 aromatic heterocycles. The van der Waals surface area contributed by atoms with E-state index in [1.54, 1.807) is 18.3 Å². The number of unbranched alkanes of at least 4 members (excludes halogenated alkanes) is 2. The molecular formula is C24H30N4O2. The predicted octanol–water partition coefficient (Wildman–Crippen LogP) is 5.12. The first-order valence-electron chi connectivity index (χ1n) is 10.5. The lowest BCUT2D eigenvalue weighted by Crippen LogP contribution is -2.14. The number of hydrogen-bond acceptors (Lipinski definition) is 4. The average Bonchev–Trinajstić information content (AvgIpc) is 3.12. The second kappa shape index (κ2) is 9.20. The molecule has 1 N–H and O–H groups in total. The first-order valence-corrected chi connectivity index (χ1v) is 10.5. The van der Waals surface area contributed by atoms with Crippen molar-refractivity contribution in [2.75, 3.05) is 0 Å². The van der Waals surface area contributed by atoms with Gasteiger partial charge in [-0.05, 0) is 24.1 Å². The lowest BCUT2D eigenvalue weighted by Gasteiger charge is -2.12. The van der Waals surface area contributed by atoms with Crippen molar-refractivity contribution in [2.24, 2.45) is 0 Å². The number of aromatic carboxylic acids is 1. The lowest BCUT2D eigenvalue weighted by atomic mass is 9.96. The summed E-state index contributed by atoms with van der Waals surface area (Å²) < 4.78 is 2.01. The third-order valence-corrected chi connectivity index (χ3v) is 5.02. The maximum absolute atomic E-state index is 11.5. The Balaban J connectivity index is 1.85. The fraction of sp³-hybridized carbons (Fsp3) is 0.417. The molecule has 0 radical (unpaired) electrons. The number of pyridine rings is 1. The lowest BCUT2D eigenvalue weighted by molar-refractivity contribution is 0.0697. The van der Waals surface area contributed by atoms with Gasteiger partial charge in [-0.2, -0.15) is 5.10 Å². The average molecular weight is 407 g/mol. The second-order valence-corrected chi connectivity index (χ2v) is 8.62. The van der Waals surface area contributed by atoms with Crippen molar-refractivity contribution < 1.29 is 9.90 Å². The zero-order chi connectivity index (χ0) is 21.7. The van der Waals surface area contributed by atoms with Crippen LogP contribution >= 0.6 is 0 Å². The van der Waals surface area contributed by atoms with Crippen LogP contribution in [0.1, 0.15) is 74.5 Å². The topological polar surface area (TPSA) is 80.9 Å². The summed E-state index contributed by atoms with van der Waals surface area (Å²) in [5.74, 6) is 0.914. The number of nitrogens with zero attached hydrogens (tertiary/aromatic N) is 4. The van der Waals surface area contributed by atoms with Crippen LogP contribution in [0.25, 0.3) is 11.3 Å². The van der Waals surface area contributed by atoms with Gasteiger partial charge in [-0.15, -0.1) is 0 Å². The van der Waals surface area contributed by atoms with Crippen molar-refractivity contribution in [1.82, 2.24) is 19.7 Å². The van der Waals surface area contributed by atoms with E-state index in [0.717, 1.165) is 35.6 Å². The molecule has 158 valence electrons. The van der Waals surface area contributed by atoms with Gasteiger partial charge >= 0.3 is 5.97 Å². The normalized spacial score (nSPS) is 11.6. The van der Waals surface area contributed by atoms with Crippen molar-refractivity contribution >= 4 is 5.97 Å². The molecule has 0 spiro atoms. The maximum atomic E-state index is 11.5. The highest BCUT2D eigenvalue weighted by Crippen LogP contribution is 2.23. The Labute approximate surface area is 178 Å². The molecule has 0 saturated heterocycles. The van der Waals surface area contributed by atoms with Gasteiger partial charge in [0, 0.05) is 23.6 Å². The Morgan fingerprint density at radius 2 is 1.83 bits per heavy atom. The van der Waals surface area contributed by atoms with E-state index < -0.39 is 5.97 Å². The minimum absolute atomic E-state index is 0.0964. The van der Waals surface area contributed by atoms with Gasteiger partial charge in [-0.3, -0.25) is 4.98 Å². The summed E-state index contributed by atoms with van der Waals surface area (Å²) in [5.41, 5.74) is 2.46. The van der Waals surface area contributed by atoms with Gasteiger partial charge in [0.25, 0.3) is 0 Å². The highest BCUT2D eigenvalue weighted by Gasteiger charge is 2.22. The number of aryl methyl sites for hydroxylation is 1. The first-order chi connectivity index (χ1) is 14.3. The van der Waals surface area contributed by atoms with Crippen molar-refractivity contribution in [2.45, 2.75) is 65.3 Å². The number of aromatic nitrogens is 4. The molecule has 0 amide bonds. The molecule has 0 aliphatic heterocycles. The van der Waals surface area contributed by atoms with Gasteiger partial charge in [0.05, 0.1) is 17.8 Å². The van der Waals surface area contributed by atoms with Gasteiger partial charge in [0.15, 0.2) is 5.82 Å². The summed E-state index contributed by atoms with van der Waals surface area (Å²) in [6.45, 7) is 9.22. The molecule has 1 aromatic carbocycles. The second-order valence-electron chi connectivity index (χ2n) is 8.62. The van der Waals surface area contributed by atoms with E-state index in [1.807, 2.05) is 28.9 Å². The number of benzene rings is 1. The Morgan fingerprint density at radius 1 is 1.10 bits per heavy atom. The van der Waals surface area contributed by atoms with Crippen LogP contribution in [-0.4, -0.2) is 30.8 Å². The van der Waals surface area contributed by atoms with Gasteiger partial charge in [0.1, 0.15) is 5.82 Å². The molecule has 3 aromatic rings. The van der Waals surface area contributed by atoms with Crippen molar-refractivity contribution in [3.8, 4) is 11.3 Å². The molecule has 0 atom stereocenters.